The number of nitrogens with zero attached hydrogens (tertiary/aromatic N) is 3. The molecule has 4 rings (SSSR count). The number of allylic oxidation sites excluding steroid dienone is 4. The third-order valence-corrected chi connectivity index (χ3v) is 4.00. The number of para-hydroxylation sites is 1. The largest absolute Gasteiger partial charge is 0.488 e. The van der Waals surface area contributed by atoms with Gasteiger partial charge in [-0.1, -0.05) is 41.0 Å². The van der Waals surface area contributed by atoms with Crippen molar-refractivity contribution in [3.8, 4) is 11.5 Å². The molecule has 2 aromatic rings. The van der Waals surface area contributed by atoms with Crippen molar-refractivity contribution in [2.75, 3.05) is 12.3 Å². The third-order valence-electron chi connectivity index (χ3n) is 4.00. The topological polar surface area (TPSA) is 95.8 Å². The van der Waals surface area contributed by atoms with Crippen LogP contribution < -0.4 is 5.73 Å². The first-order chi connectivity index (χ1) is 12.8. The summed E-state index contributed by atoms with van der Waals surface area (Å²) in [6, 6.07) is 7.38. The van der Waals surface area contributed by atoms with Gasteiger partial charge in [0, 0.05) is 12.1 Å². The van der Waals surface area contributed by atoms with Crippen molar-refractivity contribution in [3.63, 3.8) is 0 Å². The molecular weight excluding hydrogens is 332 g/mol. The van der Waals surface area contributed by atoms with Gasteiger partial charge in [0.05, 0.1) is 5.56 Å². The van der Waals surface area contributed by atoms with Crippen molar-refractivity contribution in [2.45, 2.75) is 19.3 Å². The van der Waals surface area contributed by atoms with E-state index in [-0.39, 0.29) is 12.6 Å². The smallest absolute Gasteiger partial charge is 0.345 e. The van der Waals surface area contributed by atoms with Crippen LogP contribution in [0.5, 0.6) is 0 Å². The van der Waals surface area contributed by atoms with E-state index in [4.69, 9.17) is 19.6 Å². The minimum Gasteiger partial charge on any atom is -0.488 e. The Balaban J connectivity index is 1.47. The number of anilines is 1. The number of aliphatic imine (C=N–C) groups is 1. The quantitative estimate of drug-likeness (QED) is 0.840. The lowest BCUT2D eigenvalue weighted by atomic mass is 10.0. The van der Waals surface area contributed by atoms with Crippen LogP contribution in [-0.2, 0) is 9.47 Å². The Labute approximate surface area is 150 Å². The predicted octanol–water partition coefficient (Wildman–Crippen LogP) is 3.90. The van der Waals surface area contributed by atoms with Crippen LogP contribution in [0.15, 0.2) is 69.5 Å². The van der Waals surface area contributed by atoms with E-state index in [1.807, 2.05) is 18.2 Å². The zero-order chi connectivity index (χ0) is 17.8. The van der Waals surface area contributed by atoms with Crippen LogP contribution in [0.4, 0.5) is 11.7 Å². The molecule has 1 aliphatic heterocycles. The second-order valence-corrected chi connectivity index (χ2v) is 5.95. The van der Waals surface area contributed by atoms with Crippen LogP contribution in [0.25, 0.3) is 11.5 Å². The lowest BCUT2D eigenvalue weighted by Gasteiger charge is -2.18. The van der Waals surface area contributed by atoms with Gasteiger partial charge >= 0.3 is 6.01 Å². The van der Waals surface area contributed by atoms with Gasteiger partial charge in [-0.2, -0.15) is 4.99 Å². The highest BCUT2D eigenvalue weighted by Crippen LogP contribution is 2.27. The van der Waals surface area contributed by atoms with Gasteiger partial charge in [0.1, 0.15) is 12.0 Å². The molecule has 26 heavy (non-hydrogen) atoms. The van der Waals surface area contributed by atoms with E-state index in [0.717, 1.165) is 12.8 Å². The summed E-state index contributed by atoms with van der Waals surface area (Å²) in [6.07, 6.45) is 10.7. The van der Waals surface area contributed by atoms with Gasteiger partial charge in [-0.25, -0.2) is 0 Å². The lowest BCUT2D eigenvalue weighted by molar-refractivity contribution is 0.211. The molecule has 7 nitrogen and oxygen atoms in total. The Bertz CT molecular complexity index is 924. The average molecular weight is 350 g/mol. The molecule has 1 aromatic carbocycles. The SMILES string of the molecule is Nc1ccccc1-c1nnc(N=C2COC=C(CC3=CC=CCC3)O2)o1. The summed E-state index contributed by atoms with van der Waals surface area (Å²) in [6.45, 7) is 0.216. The van der Waals surface area contributed by atoms with Crippen LogP contribution in [0.1, 0.15) is 19.3 Å². The highest BCUT2D eigenvalue weighted by atomic mass is 16.6. The molecule has 0 unspecified atom stereocenters. The zero-order valence-electron chi connectivity index (χ0n) is 14.1. The Kier molecular flexibility index (Phi) is 4.51. The lowest BCUT2D eigenvalue weighted by Crippen LogP contribution is -2.16. The minimum atomic E-state index is 0.0999. The molecule has 2 aliphatic rings. The fraction of sp³-hybridized carbons (Fsp3) is 0.211. The van der Waals surface area contributed by atoms with Crippen molar-refractivity contribution in [1.82, 2.24) is 10.2 Å². The number of nitrogens with two attached hydrogens (primary N) is 1. The third kappa shape index (κ3) is 3.66. The van der Waals surface area contributed by atoms with Crippen LogP contribution in [-0.4, -0.2) is 22.7 Å². The van der Waals surface area contributed by atoms with Crippen molar-refractivity contribution in [1.29, 1.82) is 0 Å². The standard InChI is InChI=1S/C19H18N4O3/c20-16-9-5-4-8-15(16)18-22-23-19(26-18)21-17-12-24-11-14(25-17)10-13-6-2-1-3-7-13/h1-2,4-6,8-9,11H,3,7,10,12,20H2. The maximum absolute atomic E-state index is 5.93. The summed E-state index contributed by atoms with van der Waals surface area (Å²) in [5.74, 6) is 1.41. The van der Waals surface area contributed by atoms with Crippen LogP contribution >= 0.6 is 0 Å². The Morgan fingerprint density at radius 2 is 2.12 bits per heavy atom. The van der Waals surface area contributed by atoms with Gasteiger partial charge in [-0.15, -0.1) is 5.10 Å². The van der Waals surface area contributed by atoms with E-state index >= 15 is 0 Å². The first-order valence-electron chi connectivity index (χ1n) is 8.37. The maximum Gasteiger partial charge on any atom is 0.345 e. The van der Waals surface area contributed by atoms with Gasteiger partial charge in [-0.3, -0.25) is 0 Å². The molecule has 2 heterocycles. The fourth-order valence-electron chi connectivity index (χ4n) is 2.74. The maximum atomic E-state index is 5.93. The number of benzene rings is 1. The molecule has 0 atom stereocenters. The van der Waals surface area contributed by atoms with Crippen molar-refractivity contribution >= 4 is 17.6 Å². The highest BCUT2D eigenvalue weighted by Gasteiger charge is 2.17. The molecule has 2 N–H and O–H groups in total. The summed E-state index contributed by atoms with van der Waals surface area (Å²) in [7, 11) is 0. The number of aromatic nitrogens is 2. The molecule has 0 radical (unpaired) electrons. The average Bonchev–Trinajstić information content (AvgIpc) is 3.11. The molecule has 0 amide bonds. The van der Waals surface area contributed by atoms with E-state index < -0.39 is 0 Å². The second-order valence-electron chi connectivity index (χ2n) is 5.95. The summed E-state index contributed by atoms with van der Waals surface area (Å²) in [5, 5.41) is 7.93. The van der Waals surface area contributed by atoms with E-state index in [1.165, 1.54) is 5.57 Å². The number of rotatable bonds is 4. The molecule has 0 spiro atoms. The van der Waals surface area contributed by atoms with Crippen molar-refractivity contribution < 1.29 is 13.9 Å². The Morgan fingerprint density at radius 3 is 2.96 bits per heavy atom. The number of nitrogen functional groups attached to an aromatic ring is 1. The fourth-order valence-corrected chi connectivity index (χ4v) is 2.74. The zero-order valence-corrected chi connectivity index (χ0v) is 14.1. The number of hydrogen-bond donors (Lipinski definition) is 1. The molecular formula is C19H18N4O3. The summed E-state index contributed by atoms with van der Waals surface area (Å²) in [4.78, 5) is 4.25. The highest BCUT2D eigenvalue weighted by molar-refractivity contribution is 5.81. The van der Waals surface area contributed by atoms with Gasteiger partial charge in [0.2, 0.25) is 5.90 Å². The van der Waals surface area contributed by atoms with Gasteiger partial charge in [0.25, 0.3) is 5.89 Å². The first kappa shape index (κ1) is 16.1. The Morgan fingerprint density at radius 1 is 1.19 bits per heavy atom. The minimum absolute atomic E-state index is 0.0999. The van der Waals surface area contributed by atoms with Gasteiger partial charge in [0.15, 0.2) is 6.61 Å². The molecule has 1 aliphatic carbocycles. The number of hydrogen-bond acceptors (Lipinski definition) is 7. The molecule has 0 bridgehead atoms. The summed E-state index contributed by atoms with van der Waals surface area (Å²) < 4.78 is 16.8. The second kappa shape index (κ2) is 7.26. The van der Waals surface area contributed by atoms with E-state index in [2.05, 4.69) is 33.4 Å². The monoisotopic (exact) mass is 350 g/mol. The van der Waals surface area contributed by atoms with Crippen molar-refractivity contribution in [3.05, 3.63) is 60.1 Å². The molecule has 1 aromatic heterocycles. The van der Waals surface area contributed by atoms with Gasteiger partial charge < -0.3 is 19.6 Å². The predicted molar refractivity (Wildman–Crippen MR) is 97.4 cm³/mol. The van der Waals surface area contributed by atoms with Crippen LogP contribution in [0, 0.1) is 0 Å². The summed E-state index contributed by atoms with van der Waals surface area (Å²) >= 11 is 0. The molecule has 132 valence electrons. The normalized spacial score (nSPS) is 18.1. The van der Waals surface area contributed by atoms with E-state index in [9.17, 15) is 0 Å². The van der Waals surface area contributed by atoms with Crippen molar-refractivity contribution in [2.24, 2.45) is 4.99 Å². The Hall–Kier alpha value is -3.35. The van der Waals surface area contributed by atoms with Gasteiger partial charge in [-0.05, 0) is 25.0 Å². The van der Waals surface area contributed by atoms with Crippen LogP contribution in [0.2, 0.25) is 0 Å². The van der Waals surface area contributed by atoms with E-state index in [0.29, 0.717) is 35.2 Å². The molecule has 0 fully saturated rings. The molecule has 0 saturated carbocycles. The summed E-state index contributed by atoms with van der Waals surface area (Å²) in [5.41, 5.74) is 8.46. The number of ether oxygens (including phenoxy) is 2. The van der Waals surface area contributed by atoms with E-state index in [1.54, 1.807) is 12.3 Å². The first-order valence-corrected chi connectivity index (χ1v) is 8.37. The molecule has 0 saturated heterocycles. The van der Waals surface area contributed by atoms with Crippen LogP contribution in [0.3, 0.4) is 0 Å². The molecule has 7 heteroatoms.